The van der Waals surface area contributed by atoms with E-state index in [1.807, 2.05) is 38.1 Å². The van der Waals surface area contributed by atoms with Crippen molar-refractivity contribution in [3.05, 3.63) is 41.6 Å². The number of pyridine rings is 1. The summed E-state index contributed by atoms with van der Waals surface area (Å²) in [7, 11) is 0. The molecule has 2 atom stereocenters. The normalized spacial score (nSPS) is 21.4. The van der Waals surface area contributed by atoms with Crippen LogP contribution >= 0.6 is 0 Å². The number of nitrogens with zero attached hydrogens (tertiary/aromatic N) is 2. The van der Waals surface area contributed by atoms with Gasteiger partial charge >= 0.3 is 5.97 Å². The fraction of sp³-hybridized carbons (Fsp3) is 0.389. The summed E-state index contributed by atoms with van der Waals surface area (Å²) in [5.74, 6) is -1.42. The number of carbonyl (C=O) groups is 2. The Balaban J connectivity index is 2.01. The highest BCUT2D eigenvalue weighted by Crippen LogP contribution is 2.26. The number of fused-ring (bicyclic) bond motifs is 1. The van der Waals surface area contributed by atoms with Crippen LogP contribution in [0, 0.1) is 12.8 Å². The van der Waals surface area contributed by atoms with Crippen LogP contribution in [0.2, 0.25) is 0 Å². The average molecular weight is 312 g/mol. The first kappa shape index (κ1) is 15.5. The maximum atomic E-state index is 13.0. The molecule has 1 amide bonds. The molecule has 2 aromatic rings. The van der Waals surface area contributed by atoms with Crippen LogP contribution in [0.3, 0.4) is 0 Å². The van der Waals surface area contributed by atoms with Gasteiger partial charge in [0, 0.05) is 23.7 Å². The smallest absolute Gasteiger partial charge is 0.308 e. The predicted molar refractivity (Wildman–Crippen MR) is 87.3 cm³/mol. The van der Waals surface area contributed by atoms with Gasteiger partial charge in [0.25, 0.3) is 5.91 Å². The van der Waals surface area contributed by atoms with E-state index in [1.165, 1.54) is 0 Å². The highest BCUT2D eigenvalue weighted by molar-refractivity contribution is 6.06. The van der Waals surface area contributed by atoms with E-state index >= 15 is 0 Å². The number of aromatic nitrogens is 1. The number of hydrogen-bond acceptors (Lipinski definition) is 3. The Bertz CT molecular complexity index is 772. The van der Waals surface area contributed by atoms with Crippen LogP contribution in [0.25, 0.3) is 10.9 Å². The lowest BCUT2D eigenvalue weighted by Gasteiger charge is -2.36. The first-order valence-electron chi connectivity index (χ1n) is 7.87. The molecule has 3 rings (SSSR count). The van der Waals surface area contributed by atoms with E-state index in [2.05, 4.69) is 4.98 Å². The Morgan fingerprint density at radius 3 is 2.74 bits per heavy atom. The molecule has 1 aromatic carbocycles. The van der Waals surface area contributed by atoms with Crippen molar-refractivity contribution >= 4 is 22.8 Å². The largest absolute Gasteiger partial charge is 0.481 e. The molecule has 1 aromatic heterocycles. The first-order valence-corrected chi connectivity index (χ1v) is 7.87. The summed E-state index contributed by atoms with van der Waals surface area (Å²) in [5, 5.41) is 10.1. The van der Waals surface area contributed by atoms with Crippen molar-refractivity contribution in [2.75, 3.05) is 6.54 Å². The molecule has 1 aliphatic rings. The molecule has 1 N–H and O–H groups in total. The summed E-state index contributed by atoms with van der Waals surface area (Å²) >= 11 is 0. The van der Waals surface area contributed by atoms with Crippen molar-refractivity contribution < 1.29 is 14.7 Å². The van der Waals surface area contributed by atoms with Gasteiger partial charge in [-0.3, -0.25) is 14.6 Å². The second-order valence-electron chi connectivity index (χ2n) is 6.25. The Morgan fingerprint density at radius 1 is 1.26 bits per heavy atom. The highest BCUT2D eigenvalue weighted by atomic mass is 16.4. The quantitative estimate of drug-likeness (QED) is 0.925. The fourth-order valence-corrected chi connectivity index (χ4v) is 3.23. The topological polar surface area (TPSA) is 70.5 Å². The molecule has 0 spiro atoms. The van der Waals surface area contributed by atoms with E-state index in [-0.39, 0.29) is 18.5 Å². The molecule has 120 valence electrons. The van der Waals surface area contributed by atoms with Gasteiger partial charge in [-0.25, -0.2) is 0 Å². The van der Waals surface area contributed by atoms with Gasteiger partial charge in [-0.1, -0.05) is 18.2 Å². The number of aliphatic carboxylic acids is 1. The van der Waals surface area contributed by atoms with E-state index in [4.69, 9.17) is 0 Å². The van der Waals surface area contributed by atoms with Crippen molar-refractivity contribution in [3.63, 3.8) is 0 Å². The summed E-state index contributed by atoms with van der Waals surface area (Å²) in [4.78, 5) is 30.5. The van der Waals surface area contributed by atoms with Crippen LogP contribution in [0.1, 0.15) is 35.8 Å². The van der Waals surface area contributed by atoms with Crippen molar-refractivity contribution in [1.29, 1.82) is 0 Å². The minimum atomic E-state index is -0.828. The molecule has 1 saturated heterocycles. The van der Waals surface area contributed by atoms with E-state index in [0.717, 1.165) is 16.6 Å². The monoisotopic (exact) mass is 312 g/mol. The first-order chi connectivity index (χ1) is 11.0. The predicted octanol–water partition coefficient (Wildman–Crippen LogP) is 2.87. The zero-order valence-corrected chi connectivity index (χ0v) is 13.3. The zero-order valence-electron chi connectivity index (χ0n) is 13.3. The average Bonchev–Trinajstić information content (AvgIpc) is 2.53. The molecular formula is C18H20N2O3. The number of carboxylic acids is 1. The molecule has 5 heteroatoms. The molecule has 0 bridgehead atoms. The number of piperidine rings is 1. The SMILES string of the molecule is Cc1cc(C(=O)N2CC(C(=O)O)CCC2C)c2ccccc2n1. The highest BCUT2D eigenvalue weighted by Gasteiger charge is 2.33. The van der Waals surface area contributed by atoms with Crippen LogP contribution in [0.5, 0.6) is 0 Å². The van der Waals surface area contributed by atoms with Gasteiger partial charge in [-0.2, -0.15) is 0 Å². The third-order valence-corrected chi connectivity index (χ3v) is 4.57. The number of aryl methyl sites for hydroxylation is 1. The van der Waals surface area contributed by atoms with Crippen molar-refractivity contribution in [2.24, 2.45) is 5.92 Å². The summed E-state index contributed by atoms with van der Waals surface area (Å²) < 4.78 is 0. The Morgan fingerprint density at radius 2 is 2.00 bits per heavy atom. The number of carbonyl (C=O) groups excluding carboxylic acids is 1. The maximum Gasteiger partial charge on any atom is 0.308 e. The molecule has 2 heterocycles. The molecule has 2 unspecified atom stereocenters. The number of rotatable bonds is 2. The van der Waals surface area contributed by atoms with E-state index < -0.39 is 11.9 Å². The van der Waals surface area contributed by atoms with Gasteiger partial charge in [-0.15, -0.1) is 0 Å². The van der Waals surface area contributed by atoms with Gasteiger partial charge in [0.05, 0.1) is 17.0 Å². The van der Waals surface area contributed by atoms with Gasteiger partial charge in [-0.05, 0) is 38.8 Å². The van der Waals surface area contributed by atoms with Gasteiger partial charge in [0.1, 0.15) is 0 Å². The molecule has 0 aliphatic carbocycles. The number of likely N-dealkylation sites (tertiary alicyclic amines) is 1. The zero-order chi connectivity index (χ0) is 16.6. The van der Waals surface area contributed by atoms with Crippen LogP contribution in [0.4, 0.5) is 0 Å². The maximum absolute atomic E-state index is 13.0. The minimum absolute atomic E-state index is 0.0466. The third-order valence-electron chi connectivity index (χ3n) is 4.57. The number of para-hydroxylation sites is 1. The summed E-state index contributed by atoms with van der Waals surface area (Å²) in [6, 6.07) is 9.40. The van der Waals surface area contributed by atoms with Gasteiger partial charge in [0.2, 0.25) is 0 Å². The Labute approximate surface area is 134 Å². The number of hydrogen-bond donors (Lipinski definition) is 1. The summed E-state index contributed by atoms with van der Waals surface area (Å²) in [6.45, 7) is 4.11. The van der Waals surface area contributed by atoms with Crippen molar-refractivity contribution in [3.8, 4) is 0 Å². The van der Waals surface area contributed by atoms with Crippen LogP contribution in [0.15, 0.2) is 30.3 Å². The molecule has 1 aliphatic heterocycles. The summed E-state index contributed by atoms with van der Waals surface area (Å²) in [5.41, 5.74) is 2.17. The second-order valence-corrected chi connectivity index (χ2v) is 6.25. The lowest BCUT2D eigenvalue weighted by Crippen LogP contribution is -2.47. The Kier molecular flexibility index (Phi) is 4.03. The van der Waals surface area contributed by atoms with Crippen LogP contribution in [-0.2, 0) is 4.79 Å². The lowest BCUT2D eigenvalue weighted by atomic mass is 9.92. The molecular weight excluding hydrogens is 292 g/mol. The van der Waals surface area contributed by atoms with E-state index in [9.17, 15) is 14.7 Å². The third kappa shape index (κ3) is 2.91. The lowest BCUT2D eigenvalue weighted by molar-refractivity contribution is -0.143. The van der Waals surface area contributed by atoms with E-state index in [1.54, 1.807) is 11.0 Å². The van der Waals surface area contributed by atoms with Gasteiger partial charge in [0.15, 0.2) is 0 Å². The van der Waals surface area contributed by atoms with E-state index in [0.29, 0.717) is 18.4 Å². The van der Waals surface area contributed by atoms with Gasteiger partial charge < -0.3 is 10.0 Å². The standard InChI is InChI=1S/C18H20N2O3/c1-11-9-15(14-5-3-4-6-16(14)19-11)17(21)20-10-13(18(22)23)8-7-12(20)2/h3-6,9,12-13H,7-8,10H2,1-2H3,(H,22,23). The molecule has 0 radical (unpaired) electrons. The minimum Gasteiger partial charge on any atom is -0.481 e. The Hall–Kier alpha value is -2.43. The van der Waals surface area contributed by atoms with Crippen molar-refractivity contribution in [2.45, 2.75) is 32.7 Å². The molecule has 5 nitrogen and oxygen atoms in total. The number of carboxylic acid groups (broad SMARTS) is 1. The molecule has 1 fully saturated rings. The van der Waals surface area contributed by atoms with Crippen molar-refractivity contribution in [1.82, 2.24) is 9.88 Å². The number of benzene rings is 1. The number of amides is 1. The fourth-order valence-electron chi connectivity index (χ4n) is 3.23. The second kappa shape index (κ2) is 5.99. The van der Waals surface area contributed by atoms with Crippen LogP contribution in [-0.4, -0.2) is 39.5 Å². The summed E-state index contributed by atoms with van der Waals surface area (Å²) in [6.07, 6.45) is 1.33. The van der Waals surface area contributed by atoms with Crippen LogP contribution < -0.4 is 0 Å². The molecule has 23 heavy (non-hydrogen) atoms. The molecule has 0 saturated carbocycles.